The van der Waals surface area contributed by atoms with Crippen LogP contribution in [0.3, 0.4) is 0 Å². The van der Waals surface area contributed by atoms with E-state index in [0.29, 0.717) is 55.9 Å². The minimum atomic E-state index is -1.59. The number of ether oxygens (including phenoxy) is 1. The third-order valence-electron chi connectivity index (χ3n) is 7.45. The molecule has 210 valence electrons. The van der Waals surface area contributed by atoms with Crippen molar-refractivity contribution in [2.75, 3.05) is 36.3 Å². The van der Waals surface area contributed by atoms with Gasteiger partial charge in [0.1, 0.15) is 5.82 Å². The van der Waals surface area contributed by atoms with Crippen LogP contribution in [-0.2, 0) is 10.3 Å². The van der Waals surface area contributed by atoms with Gasteiger partial charge < -0.3 is 19.5 Å². The molecule has 0 bridgehead atoms. The highest BCUT2D eigenvalue weighted by Crippen LogP contribution is 2.55. The Hall–Kier alpha value is -4.15. The van der Waals surface area contributed by atoms with E-state index in [1.54, 1.807) is 41.4 Å². The van der Waals surface area contributed by atoms with Crippen LogP contribution in [0.4, 0.5) is 17.3 Å². The van der Waals surface area contributed by atoms with Crippen LogP contribution in [0.1, 0.15) is 47.2 Å². The van der Waals surface area contributed by atoms with Gasteiger partial charge in [0.25, 0.3) is 11.8 Å². The number of aryl methyl sites for hydroxylation is 1. The molecule has 0 fully saturated rings. The lowest BCUT2D eigenvalue weighted by atomic mass is 9.86. The number of carbonyl (C=O) groups excluding carboxylic acids is 2. The average Bonchev–Trinajstić information content (AvgIpc) is 3.53. The van der Waals surface area contributed by atoms with Crippen molar-refractivity contribution in [3.05, 3.63) is 75.2 Å². The number of anilines is 3. The lowest BCUT2D eigenvalue weighted by molar-refractivity contribution is -0.119. The number of rotatable bonds is 5. The summed E-state index contributed by atoms with van der Waals surface area (Å²) in [6.45, 7) is 5.80. The van der Waals surface area contributed by atoms with Gasteiger partial charge in [0.15, 0.2) is 11.2 Å². The average molecular weight is 592 g/mol. The Labute approximate surface area is 246 Å². The van der Waals surface area contributed by atoms with Crippen LogP contribution in [0.2, 0.25) is 10.0 Å². The van der Waals surface area contributed by atoms with Crippen molar-refractivity contribution < 1.29 is 14.3 Å². The van der Waals surface area contributed by atoms with Crippen LogP contribution in [-0.4, -0.2) is 52.5 Å². The lowest BCUT2D eigenvalue weighted by Gasteiger charge is -2.36. The van der Waals surface area contributed by atoms with Gasteiger partial charge in [-0.25, -0.2) is 9.97 Å². The molecule has 1 spiro atoms. The number of methoxy groups -OCH3 is 1. The molecule has 2 aliphatic rings. The van der Waals surface area contributed by atoms with Crippen LogP contribution in [0, 0.1) is 6.92 Å². The topological polar surface area (TPSA) is 105 Å². The summed E-state index contributed by atoms with van der Waals surface area (Å²) >= 11 is 12.8. The summed E-state index contributed by atoms with van der Waals surface area (Å²) in [7, 11) is 5.17. The van der Waals surface area contributed by atoms with E-state index >= 15 is 0 Å². The first kappa shape index (κ1) is 27.0. The van der Waals surface area contributed by atoms with Crippen molar-refractivity contribution in [2.24, 2.45) is 0 Å². The quantitative estimate of drug-likeness (QED) is 0.328. The molecule has 4 aromatic rings. The van der Waals surface area contributed by atoms with E-state index in [9.17, 15) is 9.59 Å². The number of benzene rings is 2. The summed E-state index contributed by atoms with van der Waals surface area (Å²) in [6.07, 6.45) is 1.62. The van der Waals surface area contributed by atoms with Gasteiger partial charge in [-0.2, -0.15) is 4.98 Å². The number of carbonyl (C=O) groups is 2. The normalized spacial score (nSPS) is 17.3. The Morgan fingerprint density at radius 2 is 1.76 bits per heavy atom. The van der Waals surface area contributed by atoms with E-state index in [1.165, 1.54) is 12.0 Å². The molecule has 2 amide bonds. The van der Waals surface area contributed by atoms with Crippen LogP contribution in [0.5, 0.6) is 5.88 Å². The SMILES string of the molecule is COc1nc(N(C)C)ncc1-c1nc2c(n1C(C)C)C1(C(=O)Nc3cc(Cl)ccc31)N(c1cc(Cl)ccc1C)C2=O. The molecule has 1 atom stereocenters. The minimum Gasteiger partial charge on any atom is -0.480 e. The van der Waals surface area contributed by atoms with Gasteiger partial charge in [0, 0.05) is 47.6 Å². The summed E-state index contributed by atoms with van der Waals surface area (Å²) in [6, 6.07) is 10.2. The molecule has 2 aromatic carbocycles. The van der Waals surface area contributed by atoms with Gasteiger partial charge in [0.2, 0.25) is 11.8 Å². The molecule has 2 aliphatic heterocycles. The summed E-state index contributed by atoms with van der Waals surface area (Å²) in [5.41, 5.74) is 1.85. The van der Waals surface area contributed by atoms with Crippen LogP contribution < -0.4 is 19.9 Å². The molecule has 41 heavy (non-hydrogen) atoms. The van der Waals surface area contributed by atoms with E-state index < -0.39 is 17.4 Å². The van der Waals surface area contributed by atoms with Gasteiger partial charge >= 0.3 is 0 Å². The van der Waals surface area contributed by atoms with E-state index in [-0.39, 0.29) is 11.7 Å². The Balaban J connectivity index is 1.72. The highest BCUT2D eigenvalue weighted by Gasteiger charge is 2.64. The zero-order chi connectivity index (χ0) is 29.4. The second kappa shape index (κ2) is 9.46. The Kier molecular flexibility index (Phi) is 6.24. The maximum Gasteiger partial charge on any atom is 0.280 e. The van der Waals surface area contributed by atoms with Gasteiger partial charge in [-0.3, -0.25) is 14.5 Å². The number of halogens is 2. The maximum atomic E-state index is 14.5. The first-order valence-electron chi connectivity index (χ1n) is 12.9. The second-order valence-electron chi connectivity index (χ2n) is 10.5. The zero-order valence-corrected chi connectivity index (χ0v) is 24.8. The van der Waals surface area contributed by atoms with Crippen molar-refractivity contribution in [3.63, 3.8) is 0 Å². The van der Waals surface area contributed by atoms with Crippen molar-refractivity contribution in [2.45, 2.75) is 32.4 Å². The fraction of sp³-hybridized carbons (Fsp3) is 0.276. The van der Waals surface area contributed by atoms with Gasteiger partial charge in [-0.15, -0.1) is 0 Å². The van der Waals surface area contributed by atoms with Gasteiger partial charge in [-0.1, -0.05) is 35.3 Å². The number of amides is 2. The summed E-state index contributed by atoms with van der Waals surface area (Å²) in [5, 5.41) is 3.87. The smallest absolute Gasteiger partial charge is 0.280 e. The lowest BCUT2D eigenvalue weighted by Crippen LogP contribution is -2.51. The molecule has 12 heteroatoms. The van der Waals surface area contributed by atoms with E-state index in [4.69, 9.17) is 32.9 Å². The highest BCUT2D eigenvalue weighted by atomic mass is 35.5. The monoisotopic (exact) mass is 591 g/mol. The number of nitrogens with one attached hydrogen (secondary N) is 1. The maximum absolute atomic E-state index is 14.5. The predicted octanol–water partition coefficient (Wildman–Crippen LogP) is 5.47. The fourth-order valence-corrected chi connectivity index (χ4v) is 6.05. The number of nitrogens with zero attached hydrogens (tertiary/aromatic N) is 6. The number of hydrogen-bond donors (Lipinski definition) is 1. The molecule has 0 radical (unpaired) electrons. The van der Waals surface area contributed by atoms with Crippen molar-refractivity contribution >= 4 is 52.3 Å². The van der Waals surface area contributed by atoms with Crippen LogP contribution >= 0.6 is 23.2 Å². The molecule has 0 aliphatic carbocycles. The molecule has 2 aromatic heterocycles. The number of imidazole rings is 1. The first-order chi connectivity index (χ1) is 19.5. The number of aromatic nitrogens is 4. The Bertz CT molecular complexity index is 1770. The van der Waals surface area contributed by atoms with Crippen LogP contribution in [0.15, 0.2) is 42.6 Å². The Morgan fingerprint density at radius 3 is 2.44 bits per heavy atom. The molecule has 6 rings (SSSR count). The molecule has 0 saturated heterocycles. The third kappa shape index (κ3) is 3.74. The Morgan fingerprint density at radius 1 is 1.05 bits per heavy atom. The van der Waals surface area contributed by atoms with E-state index in [2.05, 4.69) is 15.3 Å². The highest BCUT2D eigenvalue weighted by molar-refractivity contribution is 6.32. The standard InChI is InChI=1S/C29H27Cl2N7O3/c1-14(2)37-23-22(34-24(37)18-13-32-28(36(4)5)35-25(18)41-6)26(39)38(21-12-17(31)8-7-15(21)3)29(23)19-10-9-16(30)11-20(19)33-27(29)40/h7-14H,1-6H3,(H,33,40). The minimum absolute atomic E-state index is 0.143. The summed E-state index contributed by atoms with van der Waals surface area (Å²) in [5.74, 6) is 0.324. The number of fused-ring (bicyclic) bond motifs is 4. The van der Waals surface area contributed by atoms with Gasteiger partial charge in [-0.05, 0) is 50.6 Å². The summed E-state index contributed by atoms with van der Waals surface area (Å²) < 4.78 is 7.54. The number of hydrogen-bond acceptors (Lipinski definition) is 7. The largest absolute Gasteiger partial charge is 0.480 e. The summed E-state index contributed by atoms with van der Waals surface area (Å²) in [4.78, 5) is 46.0. The molecule has 1 unspecified atom stereocenters. The molecule has 0 saturated carbocycles. The fourth-order valence-electron chi connectivity index (χ4n) is 5.71. The molecular formula is C29H27Cl2N7O3. The van der Waals surface area contributed by atoms with E-state index in [1.807, 2.05) is 45.5 Å². The van der Waals surface area contributed by atoms with E-state index in [0.717, 1.165) is 5.56 Å². The van der Waals surface area contributed by atoms with Crippen molar-refractivity contribution in [3.8, 4) is 17.3 Å². The van der Waals surface area contributed by atoms with Crippen LogP contribution in [0.25, 0.3) is 11.4 Å². The van der Waals surface area contributed by atoms with Crippen molar-refractivity contribution in [1.82, 2.24) is 19.5 Å². The molecule has 1 N–H and O–H groups in total. The first-order valence-corrected chi connectivity index (χ1v) is 13.7. The second-order valence-corrected chi connectivity index (χ2v) is 11.4. The predicted molar refractivity (Wildman–Crippen MR) is 158 cm³/mol. The van der Waals surface area contributed by atoms with Crippen molar-refractivity contribution in [1.29, 1.82) is 0 Å². The molecule has 4 heterocycles. The third-order valence-corrected chi connectivity index (χ3v) is 7.92. The molecular weight excluding hydrogens is 565 g/mol. The van der Waals surface area contributed by atoms with Gasteiger partial charge in [0.05, 0.1) is 24.1 Å². The molecule has 10 nitrogen and oxygen atoms in total. The zero-order valence-electron chi connectivity index (χ0n) is 23.3.